The number of halogens is 2. The van der Waals surface area contributed by atoms with E-state index in [2.05, 4.69) is 35.9 Å². The maximum absolute atomic E-state index is 13.5. The van der Waals surface area contributed by atoms with Crippen molar-refractivity contribution in [2.45, 2.75) is 26.2 Å². The Bertz CT molecular complexity index is 1270. The minimum Gasteiger partial charge on any atom is -0.492 e. The number of hydrogen-bond acceptors (Lipinski definition) is 2. The Morgan fingerprint density at radius 1 is 0.781 bits per heavy atom. The zero-order valence-corrected chi connectivity index (χ0v) is 17.9. The van der Waals surface area contributed by atoms with Crippen LogP contribution in [0.5, 0.6) is 5.75 Å². The number of aromatic nitrogens is 1. The second-order valence-electron chi connectivity index (χ2n) is 7.61. The van der Waals surface area contributed by atoms with Crippen molar-refractivity contribution in [2.75, 3.05) is 6.61 Å². The normalized spacial score (nSPS) is 10.6. The number of rotatable bonds is 6. The molecule has 0 aliphatic rings. The quantitative estimate of drug-likeness (QED) is 0.328. The van der Waals surface area contributed by atoms with Gasteiger partial charge in [0, 0.05) is 16.8 Å². The molecule has 0 saturated carbocycles. The average molecular weight is 427 g/mol. The molecule has 0 aliphatic heterocycles. The number of aryl methyl sites for hydroxylation is 2. The number of hydrogen-bond donors (Lipinski definition) is 0. The number of benzene rings is 3. The zero-order chi connectivity index (χ0) is 22.3. The third kappa shape index (κ3) is 5.50. The molecule has 1 aromatic heterocycles. The Kier molecular flexibility index (Phi) is 6.77. The topological polar surface area (TPSA) is 22.1 Å². The summed E-state index contributed by atoms with van der Waals surface area (Å²) in [5.74, 6) is 5.34. The van der Waals surface area contributed by atoms with Crippen LogP contribution in [0.2, 0.25) is 0 Å². The summed E-state index contributed by atoms with van der Waals surface area (Å²) in [5, 5.41) is 1.28. The van der Waals surface area contributed by atoms with Gasteiger partial charge in [-0.15, -0.1) is 0 Å². The van der Waals surface area contributed by atoms with Gasteiger partial charge in [-0.25, -0.2) is 8.78 Å². The molecule has 0 radical (unpaired) electrons. The molecular weight excluding hydrogens is 404 g/mol. The van der Waals surface area contributed by atoms with Gasteiger partial charge in [-0.2, -0.15) is 0 Å². The lowest BCUT2D eigenvalue weighted by Gasteiger charge is -2.05. The molecule has 1 heterocycles. The van der Waals surface area contributed by atoms with Crippen LogP contribution in [0.4, 0.5) is 8.78 Å². The first-order chi connectivity index (χ1) is 15.6. The molecule has 32 heavy (non-hydrogen) atoms. The molecule has 0 saturated heterocycles. The van der Waals surface area contributed by atoms with E-state index < -0.39 is 11.6 Å². The zero-order valence-electron chi connectivity index (χ0n) is 17.9. The average Bonchev–Trinajstić information content (AvgIpc) is 2.82. The van der Waals surface area contributed by atoms with Crippen LogP contribution in [0, 0.1) is 23.5 Å². The first-order valence-corrected chi connectivity index (χ1v) is 10.7. The molecule has 0 bridgehead atoms. The van der Waals surface area contributed by atoms with Crippen molar-refractivity contribution in [3.8, 4) is 17.6 Å². The fraction of sp³-hybridized carbons (Fsp3) is 0.179. The smallest absolute Gasteiger partial charge is 0.159 e. The van der Waals surface area contributed by atoms with Crippen molar-refractivity contribution in [1.29, 1.82) is 0 Å². The molecule has 0 amide bonds. The largest absolute Gasteiger partial charge is 0.492 e. The summed E-state index contributed by atoms with van der Waals surface area (Å²) in [7, 11) is 0. The Balaban J connectivity index is 1.37. The van der Waals surface area contributed by atoms with E-state index in [1.807, 2.05) is 30.3 Å². The highest BCUT2D eigenvalue weighted by Gasteiger charge is 2.04. The van der Waals surface area contributed by atoms with E-state index in [9.17, 15) is 8.78 Å². The van der Waals surface area contributed by atoms with E-state index in [-0.39, 0.29) is 0 Å². The van der Waals surface area contributed by atoms with Crippen molar-refractivity contribution in [2.24, 2.45) is 0 Å². The Morgan fingerprint density at radius 2 is 1.50 bits per heavy atom. The van der Waals surface area contributed by atoms with Crippen LogP contribution in [-0.4, -0.2) is 11.6 Å². The predicted molar refractivity (Wildman–Crippen MR) is 124 cm³/mol. The van der Waals surface area contributed by atoms with Crippen molar-refractivity contribution >= 4 is 10.8 Å². The van der Waals surface area contributed by atoms with Crippen LogP contribution in [-0.2, 0) is 12.8 Å². The van der Waals surface area contributed by atoms with Crippen molar-refractivity contribution in [3.05, 3.63) is 107 Å². The molecule has 0 atom stereocenters. The van der Waals surface area contributed by atoms with Gasteiger partial charge in [-0.3, -0.25) is 4.98 Å². The van der Waals surface area contributed by atoms with Gasteiger partial charge in [0.15, 0.2) is 11.6 Å². The lowest BCUT2D eigenvalue weighted by Crippen LogP contribution is -1.98. The lowest BCUT2D eigenvalue weighted by atomic mass is 10.0. The summed E-state index contributed by atoms with van der Waals surface area (Å²) in [6, 6.07) is 19.8. The number of nitrogens with zero attached hydrogens (tertiary/aromatic N) is 1. The standard InChI is InChI=1S/C28H23F2NO/c1-2-15-32-26-14-13-25(31-19-26)12-10-21-5-3-20(4-6-21)7-8-22-9-11-23-17-27(29)28(30)18-24(23)16-22/h3-6,9,11,13-14,16-19H,2,10,12,15H2,1H3. The minimum absolute atomic E-state index is 0.629. The molecule has 2 nitrogen and oxygen atoms in total. The Morgan fingerprint density at radius 3 is 2.22 bits per heavy atom. The van der Waals surface area contributed by atoms with Crippen LogP contribution in [0.3, 0.4) is 0 Å². The van der Waals surface area contributed by atoms with Crippen LogP contribution >= 0.6 is 0 Å². The van der Waals surface area contributed by atoms with Gasteiger partial charge in [-0.05, 0) is 84.1 Å². The van der Waals surface area contributed by atoms with Gasteiger partial charge in [-0.1, -0.05) is 37.0 Å². The number of pyridine rings is 1. The maximum atomic E-state index is 13.5. The number of fused-ring (bicyclic) bond motifs is 1. The van der Waals surface area contributed by atoms with Gasteiger partial charge in [0.2, 0.25) is 0 Å². The summed E-state index contributed by atoms with van der Waals surface area (Å²) in [4.78, 5) is 4.47. The maximum Gasteiger partial charge on any atom is 0.159 e. The van der Waals surface area contributed by atoms with E-state index in [1.54, 1.807) is 18.3 Å². The fourth-order valence-corrected chi connectivity index (χ4v) is 3.36. The highest BCUT2D eigenvalue weighted by atomic mass is 19.2. The summed E-state index contributed by atoms with van der Waals surface area (Å²) in [6.45, 7) is 2.78. The van der Waals surface area contributed by atoms with E-state index in [1.165, 1.54) is 17.7 Å². The number of ether oxygens (including phenoxy) is 1. The van der Waals surface area contributed by atoms with Gasteiger partial charge in [0.05, 0.1) is 12.8 Å². The summed E-state index contributed by atoms with van der Waals surface area (Å²) >= 11 is 0. The molecule has 0 N–H and O–H groups in total. The molecule has 0 spiro atoms. The molecule has 160 valence electrons. The van der Waals surface area contributed by atoms with E-state index in [0.717, 1.165) is 41.8 Å². The van der Waals surface area contributed by atoms with Crippen molar-refractivity contribution in [1.82, 2.24) is 4.98 Å². The molecule has 0 aliphatic carbocycles. The van der Waals surface area contributed by atoms with Crippen molar-refractivity contribution < 1.29 is 13.5 Å². The molecule has 0 fully saturated rings. The van der Waals surface area contributed by atoms with Crippen LogP contribution in [0.15, 0.2) is 72.9 Å². The van der Waals surface area contributed by atoms with Crippen LogP contribution < -0.4 is 4.74 Å². The molecule has 0 unspecified atom stereocenters. The second-order valence-corrected chi connectivity index (χ2v) is 7.61. The summed E-state index contributed by atoms with van der Waals surface area (Å²) < 4.78 is 32.4. The lowest BCUT2D eigenvalue weighted by molar-refractivity contribution is 0.316. The highest BCUT2D eigenvalue weighted by molar-refractivity contribution is 5.84. The third-order valence-corrected chi connectivity index (χ3v) is 5.12. The first-order valence-electron chi connectivity index (χ1n) is 10.7. The van der Waals surface area contributed by atoms with Gasteiger partial charge in [0.25, 0.3) is 0 Å². The highest BCUT2D eigenvalue weighted by Crippen LogP contribution is 2.20. The summed E-state index contributed by atoms with van der Waals surface area (Å²) in [5.41, 5.74) is 3.90. The predicted octanol–water partition coefficient (Wildman–Crippen LogP) is 6.49. The monoisotopic (exact) mass is 427 g/mol. The first kappa shape index (κ1) is 21.5. The molecule has 4 rings (SSSR count). The SMILES string of the molecule is CCCOc1ccc(CCc2ccc(C#Cc3ccc4cc(F)c(F)cc4c3)cc2)nc1. The van der Waals surface area contributed by atoms with Crippen molar-refractivity contribution in [3.63, 3.8) is 0 Å². The second kappa shape index (κ2) is 10.1. The molecule has 4 heteroatoms. The van der Waals surface area contributed by atoms with Gasteiger partial charge < -0.3 is 4.74 Å². The van der Waals surface area contributed by atoms with Gasteiger partial charge in [0.1, 0.15) is 5.75 Å². The minimum atomic E-state index is -0.853. The molecular formula is C28H23F2NO. The van der Waals surface area contributed by atoms with E-state index in [0.29, 0.717) is 17.4 Å². The molecule has 4 aromatic rings. The summed E-state index contributed by atoms with van der Waals surface area (Å²) in [6.07, 6.45) is 4.50. The van der Waals surface area contributed by atoms with E-state index in [4.69, 9.17) is 4.74 Å². The third-order valence-electron chi connectivity index (χ3n) is 5.12. The molecule has 3 aromatic carbocycles. The van der Waals surface area contributed by atoms with Crippen LogP contribution in [0.1, 0.15) is 35.7 Å². The van der Waals surface area contributed by atoms with E-state index >= 15 is 0 Å². The Hall–Kier alpha value is -3.71. The van der Waals surface area contributed by atoms with Gasteiger partial charge >= 0.3 is 0 Å². The van der Waals surface area contributed by atoms with Crippen LogP contribution in [0.25, 0.3) is 10.8 Å². The fourth-order valence-electron chi connectivity index (χ4n) is 3.36. The Labute approximate surface area is 186 Å².